The van der Waals surface area contributed by atoms with Gasteiger partial charge in [-0.15, -0.1) is 0 Å². The van der Waals surface area contributed by atoms with Gasteiger partial charge in [-0.2, -0.15) is 0 Å². The van der Waals surface area contributed by atoms with Crippen LogP contribution in [-0.4, -0.2) is 56.6 Å². The van der Waals surface area contributed by atoms with Crippen molar-refractivity contribution >= 4 is 5.97 Å². The largest absolute Gasteiger partial charge is 0.460 e. The van der Waals surface area contributed by atoms with Crippen molar-refractivity contribution < 1.29 is 19.0 Å². The molecule has 0 saturated carbocycles. The predicted molar refractivity (Wildman–Crippen MR) is 59.0 cm³/mol. The third kappa shape index (κ3) is 5.25. The fraction of sp³-hybridized carbons (Fsp3) is 0.727. The summed E-state index contributed by atoms with van der Waals surface area (Å²) in [5.74, 6) is -0.412. The van der Waals surface area contributed by atoms with E-state index in [-0.39, 0.29) is 6.61 Å². The van der Waals surface area contributed by atoms with E-state index in [4.69, 9.17) is 14.2 Å². The van der Waals surface area contributed by atoms with Gasteiger partial charge in [0, 0.05) is 19.2 Å². The molecule has 0 N–H and O–H groups in total. The third-order valence-corrected chi connectivity index (χ3v) is 2.25. The van der Waals surface area contributed by atoms with Crippen LogP contribution in [0.2, 0.25) is 0 Å². The molecule has 0 aliphatic carbocycles. The quantitative estimate of drug-likeness (QED) is 0.359. The minimum atomic E-state index is -0.412. The van der Waals surface area contributed by atoms with Crippen LogP contribution in [-0.2, 0) is 19.0 Å². The predicted octanol–water partition coefficient (Wildman–Crippen LogP) is 0.410. The Hall–Kier alpha value is -0.910. The number of nitrogens with zero attached hydrogens (tertiary/aromatic N) is 1. The van der Waals surface area contributed by atoms with Gasteiger partial charge in [0.15, 0.2) is 0 Å². The molecule has 1 saturated heterocycles. The summed E-state index contributed by atoms with van der Waals surface area (Å²) in [7, 11) is 0. The van der Waals surface area contributed by atoms with Gasteiger partial charge in [0.2, 0.25) is 0 Å². The number of ether oxygens (including phenoxy) is 3. The summed E-state index contributed by atoms with van der Waals surface area (Å²) in [6.07, 6.45) is 1.46. The Morgan fingerprint density at radius 3 is 3.00 bits per heavy atom. The zero-order chi connectivity index (χ0) is 11.8. The van der Waals surface area contributed by atoms with Crippen LogP contribution in [0.15, 0.2) is 12.7 Å². The van der Waals surface area contributed by atoms with Crippen LogP contribution in [0.3, 0.4) is 0 Å². The van der Waals surface area contributed by atoms with Crippen LogP contribution in [0.25, 0.3) is 0 Å². The molecule has 0 aromatic rings. The second-order valence-electron chi connectivity index (χ2n) is 3.67. The lowest BCUT2D eigenvalue weighted by atomic mass is 10.4. The zero-order valence-corrected chi connectivity index (χ0v) is 9.68. The molecule has 16 heavy (non-hydrogen) atoms. The van der Waals surface area contributed by atoms with Gasteiger partial charge >= 0.3 is 5.97 Å². The maximum absolute atomic E-state index is 10.7. The molecule has 1 atom stereocenters. The van der Waals surface area contributed by atoms with Crippen molar-refractivity contribution in [1.82, 2.24) is 4.90 Å². The van der Waals surface area contributed by atoms with Gasteiger partial charge in [-0.25, -0.2) is 4.79 Å². The molecule has 1 unspecified atom stereocenters. The Labute approximate surface area is 96.0 Å². The Balaban J connectivity index is 1.88. The molecule has 0 spiro atoms. The molecule has 1 aliphatic rings. The minimum Gasteiger partial charge on any atom is -0.460 e. The average Bonchev–Trinajstić information content (AvgIpc) is 2.69. The lowest BCUT2D eigenvalue weighted by molar-refractivity contribution is -0.139. The SMILES string of the molecule is C=CC(=O)OCCOCCN1COC(C)C1. The molecule has 1 heterocycles. The first kappa shape index (κ1) is 13.2. The zero-order valence-electron chi connectivity index (χ0n) is 9.68. The maximum Gasteiger partial charge on any atom is 0.330 e. The van der Waals surface area contributed by atoms with Gasteiger partial charge in [-0.3, -0.25) is 4.90 Å². The van der Waals surface area contributed by atoms with E-state index in [2.05, 4.69) is 18.4 Å². The van der Waals surface area contributed by atoms with E-state index in [1.165, 1.54) is 0 Å². The number of carbonyl (C=O) groups is 1. The van der Waals surface area contributed by atoms with E-state index in [0.29, 0.717) is 26.0 Å². The first-order valence-corrected chi connectivity index (χ1v) is 5.43. The third-order valence-electron chi connectivity index (χ3n) is 2.25. The summed E-state index contributed by atoms with van der Waals surface area (Å²) in [6, 6.07) is 0. The highest BCUT2D eigenvalue weighted by molar-refractivity contribution is 5.81. The maximum atomic E-state index is 10.7. The molecule has 92 valence electrons. The Bertz CT molecular complexity index is 232. The van der Waals surface area contributed by atoms with Crippen LogP contribution in [0, 0.1) is 0 Å². The smallest absolute Gasteiger partial charge is 0.330 e. The van der Waals surface area contributed by atoms with Crippen LogP contribution < -0.4 is 0 Å². The van der Waals surface area contributed by atoms with Gasteiger partial charge < -0.3 is 14.2 Å². The Morgan fingerprint density at radius 1 is 1.56 bits per heavy atom. The molecule has 0 aromatic heterocycles. The Kier molecular flexibility index (Phi) is 6.07. The number of rotatable bonds is 7. The van der Waals surface area contributed by atoms with Gasteiger partial charge in [-0.05, 0) is 6.92 Å². The lowest BCUT2D eigenvalue weighted by Gasteiger charge is -2.12. The summed E-state index contributed by atoms with van der Waals surface area (Å²) < 4.78 is 15.5. The second kappa shape index (κ2) is 7.38. The molecule has 0 aromatic carbocycles. The number of hydrogen-bond acceptors (Lipinski definition) is 5. The number of hydrogen-bond donors (Lipinski definition) is 0. The van der Waals surface area contributed by atoms with Crippen LogP contribution in [0.5, 0.6) is 0 Å². The second-order valence-corrected chi connectivity index (χ2v) is 3.67. The number of esters is 1. The fourth-order valence-electron chi connectivity index (χ4n) is 1.41. The first-order chi connectivity index (χ1) is 7.72. The van der Waals surface area contributed by atoms with Gasteiger partial charge in [-0.1, -0.05) is 6.58 Å². The molecule has 5 heteroatoms. The van der Waals surface area contributed by atoms with Crippen molar-refractivity contribution in [3.05, 3.63) is 12.7 Å². The molecular weight excluding hydrogens is 210 g/mol. The molecular formula is C11H19NO4. The van der Waals surface area contributed by atoms with E-state index in [1.807, 2.05) is 0 Å². The highest BCUT2D eigenvalue weighted by Gasteiger charge is 2.17. The normalized spacial score (nSPS) is 20.9. The van der Waals surface area contributed by atoms with Gasteiger partial charge in [0.1, 0.15) is 6.61 Å². The monoisotopic (exact) mass is 229 g/mol. The van der Waals surface area contributed by atoms with E-state index >= 15 is 0 Å². The van der Waals surface area contributed by atoms with E-state index in [0.717, 1.165) is 19.2 Å². The summed E-state index contributed by atoms with van der Waals surface area (Å²) in [5, 5.41) is 0. The first-order valence-electron chi connectivity index (χ1n) is 5.43. The van der Waals surface area contributed by atoms with Crippen molar-refractivity contribution in [3.63, 3.8) is 0 Å². The molecule has 1 fully saturated rings. The highest BCUT2D eigenvalue weighted by Crippen LogP contribution is 2.05. The molecule has 1 aliphatic heterocycles. The summed E-state index contributed by atoms with van der Waals surface area (Å²) in [6.45, 7) is 9.15. The van der Waals surface area contributed by atoms with E-state index in [9.17, 15) is 4.79 Å². The number of carbonyl (C=O) groups excluding carboxylic acids is 1. The van der Waals surface area contributed by atoms with Crippen molar-refractivity contribution in [2.45, 2.75) is 13.0 Å². The van der Waals surface area contributed by atoms with Crippen LogP contribution in [0.4, 0.5) is 0 Å². The standard InChI is InChI=1S/C11H19NO4/c1-3-11(13)15-7-6-14-5-4-12-8-10(2)16-9-12/h3,10H,1,4-9H2,2H3. The fourth-order valence-corrected chi connectivity index (χ4v) is 1.41. The van der Waals surface area contributed by atoms with Gasteiger partial charge in [0.25, 0.3) is 0 Å². The molecule has 0 bridgehead atoms. The van der Waals surface area contributed by atoms with Crippen LogP contribution >= 0.6 is 0 Å². The topological polar surface area (TPSA) is 48.0 Å². The molecule has 5 nitrogen and oxygen atoms in total. The summed E-state index contributed by atoms with van der Waals surface area (Å²) in [4.78, 5) is 12.9. The Morgan fingerprint density at radius 2 is 2.38 bits per heavy atom. The molecule has 0 radical (unpaired) electrons. The highest BCUT2D eigenvalue weighted by atomic mass is 16.6. The summed E-state index contributed by atoms with van der Waals surface area (Å²) in [5.41, 5.74) is 0. The molecule has 1 rings (SSSR count). The van der Waals surface area contributed by atoms with E-state index < -0.39 is 5.97 Å². The van der Waals surface area contributed by atoms with Crippen molar-refractivity contribution in [1.29, 1.82) is 0 Å². The summed E-state index contributed by atoms with van der Waals surface area (Å²) >= 11 is 0. The van der Waals surface area contributed by atoms with Crippen LogP contribution in [0.1, 0.15) is 6.92 Å². The van der Waals surface area contributed by atoms with Crippen molar-refractivity contribution in [2.75, 3.05) is 39.6 Å². The van der Waals surface area contributed by atoms with Crippen molar-refractivity contribution in [2.24, 2.45) is 0 Å². The van der Waals surface area contributed by atoms with E-state index in [1.54, 1.807) is 0 Å². The minimum absolute atomic E-state index is 0.276. The van der Waals surface area contributed by atoms with Crippen molar-refractivity contribution in [3.8, 4) is 0 Å². The molecule has 0 amide bonds. The van der Waals surface area contributed by atoms with Gasteiger partial charge in [0.05, 0.1) is 26.0 Å². The average molecular weight is 229 g/mol. The lowest BCUT2D eigenvalue weighted by Crippen LogP contribution is -2.26.